The molecule has 0 amide bonds. The van der Waals surface area contributed by atoms with Gasteiger partial charge in [0.05, 0.1) is 0 Å². The molecular formula is C16H26N4. The van der Waals surface area contributed by atoms with Gasteiger partial charge >= 0.3 is 0 Å². The zero-order valence-corrected chi connectivity index (χ0v) is 12.6. The van der Waals surface area contributed by atoms with Crippen molar-refractivity contribution in [3.63, 3.8) is 0 Å². The van der Waals surface area contributed by atoms with Crippen molar-refractivity contribution in [1.82, 2.24) is 4.90 Å². The molecule has 110 valence electrons. The van der Waals surface area contributed by atoms with E-state index in [0.717, 1.165) is 25.3 Å². The maximum atomic E-state index is 5.95. The van der Waals surface area contributed by atoms with Crippen molar-refractivity contribution in [3.8, 4) is 0 Å². The Morgan fingerprint density at radius 1 is 1.40 bits per heavy atom. The largest absolute Gasteiger partial charge is 0.370 e. The summed E-state index contributed by atoms with van der Waals surface area (Å²) < 4.78 is 0. The van der Waals surface area contributed by atoms with Gasteiger partial charge in [-0.3, -0.25) is 4.99 Å². The predicted molar refractivity (Wildman–Crippen MR) is 86.1 cm³/mol. The van der Waals surface area contributed by atoms with Gasteiger partial charge in [-0.1, -0.05) is 24.6 Å². The summed E-state index contributed by atoms with van der Waals surface area (Å²) in [5, 5.41) is 3.15. The van der Waals surface area contributed by atoms with E-state index in [0.29, 0.717) is 11.9 Å². The molecule has 1 aromatic carbocycles. The molecule has 2 rings (SSSR count). The number of nitrogens with two attached hydrogens (primary N) is 1. The smallest absolute Gasteiger partial charge is 0.193 e. The van der Waals surface area contributed by atoms with Crippen molar-refractivity contribution in [2.75, 3.05) is 31.5 Å². The summed E-state index contributed by atoms with van der Waals surface area (Å²) in [6.45, 7) is 8.63. The number of anilines is 1. The molecule has 20 heavy (non-hydrogen) atoms. The van der Waals surface area contributed by atoms with E-state index >= 15 is 0 Å². The lowest BCUT2D eigenvalue weighted by Gasteiger charge is -2.30. The number of hydrogen-bond acceptors (Lipinski definition) is 2. The maximum Gasteiger partial charge on any atom is 0.193 e. The lowest BCUT2D eigenvalue weighted by atomic mass is 9.98. The third kappa shape index (κ3) is 4.53. The topological polar surface area (TPSA) is 53.6 Å². The van der Waals surface area contributed by atoms with Crippen LogP contribution in [0, 0.1) is 12.8 Å². The molecule has 0 spiro atoms. The van der Waals surface area contributed by atoms with Crippen molar-refractivity contribution < 1.29 is 0 Å². The lowest BCUT2D eigenvalue weighted by Crippen LogP contribution is -2.36. The summed E-state index contributed by atoms with van der Waals surface area (Å²) >= 11 is 0. The number of likely N-dealkylation sites (tertiary alicyclic amines) is 1. The number of rotatable bonds is 4. The van der Waals surface area contributed by atoms with Gasteiger partial charge in [-0.15, -0.1) is 0 Å². The van der Waals surface area contributed by atoms with Crippen LogP contribution in [-0.4, -0.2) is 37.0 Å². The molecule has 1 aliphatic rings. The van der Waals surface area contributed by atoms with E-state index < -0.39 is 0 Å². The molecule has 0 bridgehead atoms. The molecule has 0 aromatic heterocycles. The van der Waals surface area contributed by atoms with Gasteiger partial charge in [0, 0.05) is 18.8 Å². The second-order valence-electron chi connectivity index (χ2n) is 5.62. The Balaban J connectivity index is 1.82. The molecule has 1 aliphatic heterocycles. The molecule has 1 saturated heterocycles. The summed E-state index contributed by atoms with van der Waals surface area (Å²) in [6.07, 6.45) is 2.54. The van der Waals surface area contributed by atoms with Crippen LogP contribution in [0.2, 0.25) is 0 Å². The molecule has 0 radical (unpaired) electrons. The second kappa shape index (κ2) is 7.29. The molecular weight excluding hydrogens is 248 g/mol. The van der Waals surface area contributed by atoms with Gasteiger partial charge in [0.1, 0.15) is 0 Å². The van der Waals surface area contributed by atoms with Gasteiger partial charge in [-0.2, -0.15) is 0 Å². The lowest BCUT2D eigenvalue weighted by molar-refractivity contribution is 0.187. The number of hydrogen-bond donors (Lipinski definition) is 2. The maximum absolute atomic E-state index is 5.95. The number of benzene rings is 1. The van der Waals surface area contributed by atoms with Crippen LogP contribution in [0.4, 0.5) is 5.69 Å². The summed E-state index contributed by atoms with van der Waals surface area (Å²) in [5.41, 5.74) is 8.19. The molecule has 1 atom stereocenters. The third-order valence-electron chi connectivity index (χ3n) is 3.89. The molecule has 1 unspecified atom stereocenters. The van der Waals surface area contributed by atoms with E-state index in [2.05, 4.69) is 41.2 Å². The molecule has 0 aliphatic carbocycles. The Bertz CT molecular complexity index is 438. The number of nitrogens with zero attached hydrogens (tertiary/aromatic N) is 2. The van der Waals surface area contributed by atoms with Crippen molar-refractivity contribution in [2.24, 2.45) is 16.6 Å². The number of piperidine rings is 1. The highest BCUT2D eigenvalue weighted by molar-refractivity contribution is 5.92. The molecule has 3 N–H and O–H groups in total. The summed E-state index contributed by atoms with van der Waals surface area (Å²) in [4.78, 5) is 6.98. The van der Waals surface area contributed by atoms with Crippen LogP contribution in [-0.2, 0) is 0 Å². The highest BCUT2D eigenvalue weighted by Crippen LogP contribution is 2.16. The van der Waals surface area contributed by atoms with Crippen LogP contribution in [0.25, 0.3) is 0 Å². The van der Waals surface area contributed by atoms with Crippen molar-refractivity contribution >= 4 is 11.6 Å². The quantitative estimate of drug-likeness (QED) is 0.655. The predicted octanol–water partition coefficient (Wildman–Crippen LogP) is 2.45. The highest BCUT2D eigenvalue weighted by atomic mass is 15.1. The van der Waals surface area contributed by atoms with Gasteiger partial charge in [0.15, 0.2) is 5.96 Å². The Hall–Kier alpha value is -1.55. The molecule has 1 aromatic rings. The first-order valence-corrected chi connectivity index (χ1v) is 7.53. The second-order valence-corrected chi connectivity index (χ2v) is 5.62. The first-order valence-electron chi connectivity index (χ1n) is 7.53. The summed E-state index contributed by atoms with van der Waals surface area (Å²) in [7, 11) is 0. The Morgan fingerprint density at radius 3 is 2.85 bits per heavy atom. The van der Waals surface area contributed by atoms with Crippen LogP contribution >= 0.6 is 0 Å². The normalized spacial score (nSPS) is 20.9. The van der Waals surface area contributed by atoms with E-state index in [1.165, 1.54) is 24.9 Å². The van der Waals surface area contributed by atoms with Gasteiger partial charge < -0.3 is 16.0 Å². The van der Waals surface area contributed by atoms with Crippen molar-refractivity contribution in [1.29, 1.82) is 0 Å². The van der Waals surface area contributed by atoms with E-state index in [1.54, 1.807) is 0 Å². The first-order chi connectivity index (χ1) is 9.67. The van der Waals surface area contributed by atoms with Crippen molar-refractivity contribution in [3.05, 3.63) is 29.8 Å². The average molecular weight is 274 g/mol. The van der Waals surface area contributed by atoms with Crippen LogP contribution in [0.5, 0.6) is 0 Å². The highest BCUT2D eigenvalue weighted by Gasteiger charge is 2.18. The Labute approximate surface area is 122 Å². The monoisotopic (exact) mass is 274 g/mol. The Kier molecular flexibility index (Phi) is 5.41. The SMILES string of the molecule is CCN1CCCC(CN=C(N)Nc2ccc(C)cc2)C1. The fourth-order valence-corrected chi connectivity index (χ4v) is 2.64. The fraction of sp³-hybridized carbons (Fsp3) is 0.562. The summed E-state index contributed by atoms with van der Waals surface area (Å²) in [6, 6.07) is 8.18. The van der Waals surface area contributed by atoms with E-state index in [9.17, 15) is 0 Å². The van der Waals surface area contributed by atoms with E-state index in [-0.39, 0.29) is 0 Å². The number of nitrogens with one attached hydrogen (secondary N) is 1. The van der Waals surface area contributed by atoms with Gasteiger partial charge in [0.25, 0.3) is 0 Å². The van der Waals surface area contributed by atoms with Crippen LogP contribution < -0.4 is 11.1 Å². The number of aliphatic imine (C=N–C) groups is 1. The zero-order valence-electron chi connectivity index (χ0n) is 12.6. The van der Waals surface area contributed by atoms with E-state index in [1.807, 2.05) is 12.1 Å². The van der Waals surface area contributed by atoms with E-state index in [4.69, 9.17) is 5.73 Å². The molecule has 4 nitrogen and oxygen atoms in total. The minimum absolute atomic E-state index is 0.516. The fourth-order valence-electron chi connectivity index (χ4n) is 2.64. The Morgan fingerprint density at radius 2 is 2.15 bits per heavy atom. The van der Waals surface area contributed by atoms with Crippen LogP contribution in [0.15, 0.2) is 29.3 Å². The molecule has 4 heteroatoms. The molecule has 1 heterocycles. The number of guanidine groups is 1. The minimum atomic E-state index is 0.516. The minimum Gasteiger partial charge on any atom is -0.370 e. The summed E-state index contributed by atoms with van der Waals surface area (Å²) in [5.74, 6) is 1.16. The molecule has 0 saturated carbocycles. The van der Waals surface area contributed by atoms with Crippen LogP contribution in [0.3, 0.4) is 0 Å². The first kappa shape index (κ1) is 14.9. The van der Waals surface area contributed by atoms with Crippen LogP contribution in [0.1, 0.15) is 25.3 Å². The molecule has 1 fully saturated rings. The van der Waals surface area contributed by atoms with Crippen molar-refractivity contribution in [2.45, 2.75) is 26.7 Å². The number of aryl methyl sites for hydroxylation is 1. The van der Waals surface area contributed by atoms with Gasteiger partial charge in [-0.25, -0.2) is 0 Å². The average Bonchev–Trinajstić information content (AvgIpc) is 2.48. The zero-order chi connectivity index (χ0) is 14.4. The van der Waals surface area contributed by atoms with Gasteiger partial charge in [0.2, 0.25) is 0 Å². The van der Waals surface area contributed by atoms with Gasteiger partial charge in [-0.05, 0) is 50.9 Å². The standard InChI is InChI=1S/C16H26N4/c1-3-20-10-4-5-14(12-20)11-18-16(17)19-15-8-6-13(2)7-9-15/h6-9,14H,3-5,10-12H2,1-2H3,(H3,17,18,19). The third-order valence-corrected chi connectivity index (χ3v) is 3.89.